The molecule has 0 saturated carbocycles. The van der Waals surface area contributed by atoms with Gasteiger partial charge in [0.2, 0.25) is 5.91 Å². The summed E-state index contributed by atoms with van der Waals surface area (Å²) in [6, 6.07) is 7.45. The lowest BCUT2D eigenvalue weighted by molar-refractivity contribution is -0.305. The topological polar surface area (TPSA) is 87.0 Å². The minimum atomic E-state index is -1.24. The number of carbonyl (C=O) groups excluding carboxylic acids is 2. The first kappa shape index (κ1) is 17.0. The van der Waals surface area contributed by atoms with Crippen LogP contribution in [-0.2, 0) is 16.1 Å². The standard InChI is InChI=1S/C16H18ClN3O3/c1-10-16(18-14(21)7-8-15(22)23)11(2)20(19-10)9-12-3-5-13(17)6-4-12/h3-6H,7-9H2,1-2H3,(H,18,21)(H,22,23)/p-1. The molecule has 122 valence electrons. The van der Waals surface area contributed by atoms with Crippen LogP contribution in [0.2, 0.25) is 5.02 Å². The van der Waals surface area contributed by atoms with Crippen LogP contribution >= 0.6 is 11.6 Å². The van der Waals surface area contributed by atoms with Crippen molar-refractivity contribution in [3.8, 4) is 0 Å². The molecule has 1 amide bonds. The maximum absolute atomic E-state index is 11.8. The van der Waals surface area contributed by atoms with E-state index in [0.717, 1.165) is 11.3 Å². The Kier molecular flexibility index (Phi) is 5.39. The van der Waals surface area contributed by atoms with Crippen LogP contribution in [0.4, 0.5) is 5.69 Å². The van der Waals surface area contributed by atoms with E-state index in [1.807, 2.05) is 31.2 Å². The number of nitrogens with zero attached hydrogens (tertiary/aromatic N) is 2. The highest BCUT2D eigenvalue weighted by molar-refractivity contribution is 6.30. The van der Waals surface area contributed by atoms with Gasteiger partial charge < -0.3 is 15.2 Å². The number of carboxylic acids is 1. The number of rotatable bonds is 6. The van der Waals surface area contributed by atoms with Gasteiger partial charge in [0, 0.05) is 17.4 Å². The number of nitrogens with one attached hydrogen (secondary N) is 1. The molecule has 0 aliphatic carbocycles. The second kappa shape index (κ2) is 7.28. The van der Waals surface area contributed by atoms with Crippen LogP contribution < -0.4 is 10.4 Å². The average molecular weight is 335 g/mol. The third kappa shape index (κ3) is 4.56. The lowest BCUT2D eigenvalue weighted by atomic mass is 10.2. The number of hydrogen-bond donors (Lipinski definition) is 1. The van der Waals surface area contributed by atoms with Gasteiger partial charge in [-0.2, -0.15) is 5.10 Å². The Bertz CT molecular complexity index is 723. The van der Waals surface area contributed by atoms with Crippen LogP contribution in [0.1, 0.15) is 29.8 Å². The summed E-state index contributed by atoms with van der Waals surface area (Å²) in [5.41, 5.74) is 3.13. The molecule has 0 unspecified atom stereocenters. The number of halogens is 1. The largest absolute Gasteiger partial charge is 0.550 e. The van der Waals surface area contributed by atoms with Gasteiger partial charge in [-0.05, 0) is 38.0 Å². The summed E-state index contributed by atoms with van der Waals surface area (Å²) in [4.78, 5) is 22.2. The van der Waals surface area contributed by atoms with Crippen molar-refractivity contribution in [1.29, 1.82) is 0 Å². The van der Waals surface area contributed by atoms with E-state index in [9.17, 15) is 14.7 Å². The Morgan fingerprint density at radius 2 is 1.87 bits per heavy atom. The molecule has 1 N–H and O–H groups in total. The lowest BCUT2D eigenvalue weighted by Gasteiger charge is -2.08. The molecular formula is C16H17ClN3O3-. The van der Waals surface area contributed by atoms with Crippen LogP contribution in [0.3, 0.4) is 0 Å². The highest BCUT2D eigenvalue weighted by Crippen LogP contribution is 2.21. The van der Waals surface area contributed by atoms with E-state index in [1.165, 1.54) is 0 Å². The quantitative estimate of drug-likeness (QED) is 0.870. The van der Waals surface area contributed by atoms with E-state index in [0.29, 0.717) is 22.9 Å². The van der Waals surface area contributed by atoms with Crippen molar-refractivity contribution >= 4 is 29.2 Å². The predicted molar refractivity (Wildman–Crippen MR) is 85.1 cm³/mol. The highest BCUT2D eigenvalue weighted by atomic mass is 35.5. The van der Waals surface area contributed by atoms with Gasteiger partial charge in [0.1, 0.15) is 0 Å². The number of anilines is 1. The van der Waals surface area contributed by atoms with E-state index in [-0.39, 0.29) is 18.7 Å². The summed E-state index contributed by atoms with van der Waals surface area (Å²) < 4.78 is 1.78. The van der Waals surface area contributed by atoms with Crippen LogP contribution in [0.25, 0.3) is 0 Å². The van der Waals surface area contributed by atoms with Gasteiger partial charge in [-0.3, -0.25) is 9.48 Å². The van der Waals surface area contributed by atoms with Crippen molar-refractivity contribution in [2.24, 2.45) is 0 Å². The van der Waals surface area contributed by atoms with Crippen LogP contribution in [-0.4, -0.2) is 21.7 Å². The number of aromatic nitrogens is 2. The SMILES string of the molecule is Cc1nn(Cc2ccc(Cl)cc2)c(C)c1NC(=O)CCC(=O)[O-]. The molecule has 1 aromatic carbocycles. The minimum Gasteiger partial charge on any atom is -0.550 e. The fraction of sp³-hybridized carbons (Fsp3) is 0.312. The zero-order valence-corrected chi connectivity index (χ0v) is 13.7. The van der Waals surface area contributed by atoms with Gasteiger partial charge in [-0.15, -0.1) is 0 Å². The van der Waals surface area contributed by atoms with Crippen molar-refractivity contribution < 1.29 is 14.7 Å². The molecule has 6 nitrogen and oxygen atoms in total. The maximum atomic E-state index is 11.8. The Morgan fingerprint density at radius 3 is 2.48 bits per heavy atom. The summed E-state index contributed by atoms with van der Waals surface area (Å²) in [7, 11) is 0. The number of carboxylic acid groups (broad SMARTS) is 1. The first-order valence-corrected chi connectivity index (χ1v) is 7.52. The zero-order valence-electron chi connectivity index (χ0n) is 12.9. The number of carbonyl (C=O) groups is 2. The van der Waals surface area contributed by atoms with Crippen LogP contribution in [0.5, 0.6) is 0 Å². The molecule has 0 radical (unpaired) electrons. The summed E-state index contributed by atoms with van der Waals surface area (Å²) in [6.07, 6.45) is -0.424. The molecule has 0 atom stereocenters. The molecular weight excluding hydrogens is 318 g/mol. The van der Waals surface area contributed by atoms with E-state index < -0.39 is 5.97 Å². The summed E-state index contributed by atoms with van der Waals surface area (Å²) in [6.45, 7) is 4.20. The van der Waals surface area contributed by atoms with Crippen molar-refractivity contribution in [2.45, 2.75) is 33.2 Å². The Morgan fingerprint density at radius 1 is 1.22 bits per heavy atom. The summed E-state index contributed by atoms with van der Waals surface area (Å²) in [5.74, 6) is -1.61. The molecule has 1 heterocycles. The zero-order chi connectivity index (χ0) is 17.0. The average Bonchev–Trinajstić information content (AvgIpc) is 2.75. The van der Waals surface area contributed by atoms with Gasteiger partial charge in [0.25, 0.3) is 0 Å². The monoisotopic (exact) mass is 334 g/mol. The Hall–Kier alpha value is -2.34. The fourth-order valence-electron chi connectivity index (χ4n) is 2.21. The Labute approximate surface area is 139 Å². The van der Waals surface area contributed by atoms with Crippen molar-refractivity contribution in [2.75, 3.05) is 5.32 Å². The molecule has 23 heavy (non-hydrogen) atoms. The van der Waals surface area contributed by atoms with Crippen molar-refractivity contribution in [3.05, 3.63) is 46.2 Å². The first-order valence-electron chi connectivity index (χ1n) is 7.15. The normalized spacial score (nSPS) is 10.6. The Balaban J connectivity index is 2.11. The van der Waals surface area contributed by atoms with Gasteiger partial charge in [-0.1, -0.05) is 23.7 Å². The number of benzene rings is 1. The molecule has 0 fully saturated rings. The molecule has 2 aromatic rings. The van der Waals surface area contributed by atoms with Gasteiger partial charge >= 0.3 is 0 Å². The predicted octanol–water partition coefficient (Wildman–Crippen LogP) is 1.67. The van der Waals surface area contributed by atoms with Gasteiger partial charge in [0.15, 0.2) is 0 Å². The second-order valence-electron chi connectivity index (χ2n) is 5.25. The first-order chi connectivity index (χ1) is 10.9. The molecule has 0 saturated heterocycles. The van der Waals surface area contributed by atoms with Crippen LogP contribution in [0.15, 0.2) is 24.3 Å². The molecule has 7 heteroatoms. The number of aryl methyl sites for hydroxylation is 1. The molecule has 2 rings (SSSR count). The molecule has 0 aliphatic heterocycles. The van der Waals surface area contributed by atoms with Crippen molar-refractivity contribution in [1.82, 2.24) is 9.78 Å². The molecule has 0 spiro atoms. The fourth-order valence-corrected chi connectivity index (χ4v) is 2.34. The van der Waals surface area contributed by atoms with Crippen molar-refractivity contribution in [3.63, 3.8) is 0 Å². The smallest absolute Gasteiger partial charge is 0.224 e. The summed E-state index contributed by atoms with van der Waals surface area (Å²) in [5, 5.41) is 18.2. The molecule has 1 aromatic heterocycles. The van der Waals surface area contributed by atoms with Crippen LogP contribution in [0, 0.1) is 13.8 Å². The van der Waals surface area contributed by atoms with Gasteiger partial charge in [-0.25, -0.2) is 0 Å². The minimum absolute atomic E-state index is 0.121. The number of amides is 1. The van der Waals surface area contributed by atoms with E-state index in [2.05, 4.69) is 10.4 Å². The van der Waals surface area contributed by atoms with Gasteiger partial charge in [0.05, 0.1) is 23.6 Å². The molecule has 0 aliphatic rings. The lowest BCUT2D eigenvalue weighted by Crippen LogP contribution is -2.24. The number of hydrogen-bond acceptors (Lipinski definition) is 4. The third-order valence-corrected chi connectivity index (χ3v) is 3.70. The van der Waals surface area contributed by atoms with E-state index >= 15 is 0 Å². The number of aliphatic carboxylic acids is 1. The highest BCUT2D eigenvalue weighted by Gasteiger charge is 2.14. The second-order valence-corrected chi connectivity index (χ2v) is 5.69. The molecule has 0 bridgehead atoms. The summed E-state index contributed by atoms with van der Waals surface area (Å²) >= 11 is 5.87. The van der Waals surface area contributed by atoms with E-state index in [4.69, 9.17) is 11.6 Å². The van der Waals surface area contributed by atoms with E-state index in [1.54, 1.807) is 11.6 Å². The third-order valence-electron chi connectivity index (χ3n) is 3.45. The maximum Gasteiger partial charge on any atom is 0.224 e.